The fourth-order valence-corrected chi connectivity index (χ4v) is 5.25. The number of carbonyl (C=O) groups is 2. The number of rotatable bonds is 8. The molecular formula is C21H32N2O5S. The lowest BCUT2D eigenvalue weighted by atomic mass is 9.78. The zero-order valence-electron chi connectivity index (χ0n) is 17.7. The second-order valence-electron chi connectivity index (χ2n) is 7.63. The third-order valence-corrected chi connectivity index (χ3v) is 7.85. The average Bonchev–Trinajstić information content (AvgIpc) is 2.70. The van der Waals surface area contributed by atoms with Gasteiger partial charge in [0, 0.05) is 19.1 Å². The number of sulfonamides is 1. The normalized spacial score (nSPS) is 22.3. The maximum atomic E-state index is 12.6. The summed E-state index contributed by atoms with van der Waals surface area (Å²) in [5.74, 6) is -0.129. The first kappa shape index (κ1) is 23.3. The number of nitrogens with zero attached hydrogens (tertiary/aromatic N) is 1. The molecule has 2 rings (SSSR count). The predicted octanol–water partition coefficient (Wildman–Crippen LogP) is 2.81. The Labute approximate surface area is 173 Å². The largest absolute Gasteiger partial charge is 0.452 e. The zero-order chi connectivity index (χ0) is 21.6. The van der Waals surface area contributed by atoms with Crippen LogP contribution in [0, 0.1) is 11.8 Å². The van der Waals surface area contributed by atoms with E-state index in [-0.39, 0.29) is 29.0 Å². The molecule has 1 aromatic carbocycles. The predicted molar refractivity (Wildman–Crippen MR) is 111 cm³/mol. The topological polar surface area (TPSA) is 92.8 Å². The number of hydrogen-bond acceptors (Lipinski definition) is 5. The number of ether oxygens (including phenoxy) is 1. The smallest absolute Gasteiger partial charge is 0.338 e. The van der Waals surface area contributed by atoms with Crippen LogP contribution in [0.3, 0.4) is 0 Å². The summed E-state index contributed by atoms with van der Waals surface area (Å²) in [6.45, 7) is 8.11. The van der Waals surface area contributed by atoms with Gasteiger partial charge in [0.15, 0.2) is 6.61 Å². The first-order valence-corrected chi connectivity index (χ1v) is 11.7. The summed E-state index contributed by atoms with van der Waals surface area (Å²) >= 11 is 0. The number of benzene rings is 1. The van der Waals surface area contributed by atoms with Gasteiger partial charge in [0.05, 0.1) is 10.5 Å². The molecule has 0 unspecified atom stereocenters. The van der Waals surface area contributed by atoms with E-state index in [0.717, 1.165) is 19.3 Å². The lowest BCUT2D eigenvalue weighted by Gasteiger charge is -2.34. The van der Waals surface area contributed by atoms with E-state index >= 15 is 0 Å². The van der Waals surface area contributed by atoms with E-state index in [0.29, 0.717) is 24.9 Å². The third kappa shape index (κ3) is 5.79. The fraction of sp³-hybridized carbons (Fsp3) is 0.619. The van der Waals surface area contributed by atoms with Crippen LogP contribution in [-0.2, 0) is 19.6 Å². The van der Waals surface area contributed by atoms with Crippen molar-refractivity contribution >= 4 is 21.9 Å². The number of carbonyl (C=O) groups excluding carboxylic acids is 2. The lowest BCUT2D eigenvalue weighted by molar-refractivity contribution is -0.125. The Hall–Kier alpha value is -1.93. The molecule has 0 heterocycles. The first-order valence-electron chi connectivity index (χ1n) is 10.3. The van der Waals surface area contributed by atoms with Crippen molar-refractivity contribution in [3.05, 3.63) is 29.8 Å². The number of hydrogen-bond donors (Lipinski definition) is 1. The molecule has 1 fully saturated rings. The van der Waals surface area contributed by atoms with Crippen molar-refractivity contribution < 1.29 is 22.7 Å². The number of amides is 1. The van der Waals surface area contributed by atoms with Crippen molar-refractivity contribution in [3.63, 3.8) is 0 Å². The van der Waals surface area contributed by atoms with Crippen LogP contribution in [0.2, 0.25) is 0 Å². The Morgan fingerprint density at radius 3 is 2.52 bits per heavy atom. The average molecular weight is 425 g/mol. The number of nitrogens with one attached hydrogen (secondary N) is 1. The molecule has 1 aromatic rings. The molecule has 7 nitrogen and oxygen atoms in total. The van der Waals surface area contributed by atoms with E-state index in [9.17, 15) is 18.0 Å². The van der Waals surface area contributed by atoms with Crippen LogP contribution >= 0.6 is 0 Å². The minimum Gasteiger partial charge on any atom is -0.452 e. The van der Waals surface area contributed by atoms with Crippen LogP contribution in [0.25, 0.3) is 0 Å². The molecule has 1 amide bonds. The van der Waals surface area contributed by atoms with E-state index < -0.39 is 16.0 Å². The summed E-state index contributed by atoms with van der Waals surface area (Å²) in [5, 5.41) is 2.95. The van der Waals surface area contributed by atoms with E-state index in [4.69, 9.17) is 4.74 Å². The second kappa shape index (κ2) is 10.2. The molecule has 3 atom stereocenters. The Morgan fingerprint density at radius 1 is 1.17 bits per heavy atom. The van der Waals surface area contributed by atoms with Crippen molar-refractivity contribution in [1.29, 1.82) is 0 Å². The highest BCUT2D eigenvalue weighted by molar-refractivity contribution is 7.89. The highest BCUT2D eigenvalue weighted by Gasteiger charge is 2.28. The van der Waals surface area contributed by atoms with Crippen molar-refractivity contribution in [2.24, 2.45) is 11.8 Å². The Morgan fingerprint density at radius 2 is 1.86 bits per heavy atom. The van der Waals surface area contributed by atoms with Gasteiger partial charge in [-0.05, 0) is 36.5 Å². The van der Waals surface area contributed by atoms with Crippen LogP contribution < -0.4 is 5.32 Å². The lowest BCUT2D eigenvalue weighted by Crippen LogP contribution is -2.45. The van der Waals surface area contributed by atoms with Gasteiger partial charge in [-0.2, -0.15) is 4.31 Å². The second-order valence-corrected chi connectivity index (χ2v) is 9.57. The first-order chi connectivity index (χ1) is 13.7. The third-order valence-electron chi connectivity index (χ3n) is 5.80. The minimum atomic E-state index is -3.67. The van der Waals surface area contributed by atoms with Crippen LogP contribution in [0.4, 0.5) is 0 Å². The van der Waals surface area contributed by atoms with Crippen LogP contribution in [-0.4, -0.2) is 50.3 Å². The standard InChI is InChI=1S/C21H32N2O5S/c1-5-23(6-2)29(26,27)18-11-8-10-17(13-18)21(25)28-14-20(24)22-19-12-7-9-15(3)16(19)4/h8,10-11,13,15-16,19H,5-7,9,12,14H2,1-4H3,(H,22,24)/t15-,16+,19+/m1/s1. The number of esters is 1. The van der Waals surface area contributed by atoms with Crippen LogP contribution in [0.1, 0.15) is 57.3 Å². The van der Waals surface area contributed by atoms with Gasteiger partial charge in [-0.15, -0.1) is 0 Å². The molecular weight excluding hydrogens is 392 g/mol. The van der Waals surface area contributed by atoms with Gasteiger partial charge >= 0.3 is 5.97 Å². The van der Waals surface area contributed by atoms with Gasteiger partial charge < -0.3 is 10.1 Å². The summed E-state index contributed by atoms with van der Waals surface area (Å²) in [6.07, 6.45) is 3.16. The molecule has 8 heteroatoms. The van der Waals surface area contributed by atoms with Crippen molar-refractivity contribution in [1.82, 2.24) is 9.62 Å². The summed E-state index contributed by atoms with van der Waals surface area (Å²) in [7, 11) is -3.67. The Bertz CT molecular complexity index is 820. The monoisotopic (exact) mass is 424 g/mol. The molecule has 1 aliphatic rings. The quantitative estimate of drug-likeness (QED) is 0.648. The van der Waals surface area contributed by atoms with Crippen molar-refractivity contribution in [2.45, 2.75) is 57.9 Å². The van der Waals surface area contributed by atoms with E-state index in [1.807, 2.05) is 0 Å². The van der Waals surface area contributed by atoms with E-state index in [1.165, 1.54) is 28.6 Å². The van der Waals surface area contributed by atoms with Gasteiger partial charge in [-0.3, -0.25) is 4.79 Å². The maximum Gasteiger partial charge on any atom is 0.338 e. The van der Waals surface area contributed by atoms with E-state index in [1.54, 1.807) is 13.8 Å². The molecule has 29 heavy (non-hydrogen) atoms. The fourth-order valence-electron chi connectivity index (χ4n) is 3.74. The molecule has 1 saturated carbocycles. The van der Waals surface area contributed by atoms with Gasteiger partial charge in [0.1, 0.15) is 0 Å². The van der Waals surface area contributed by atoms with Gasteiger partial charge in [-0.1, -0.05) is 46.6 Å². The Balaban J connectivity index is 1.98. The summed E-state index contributed by atoms with van der Waals surface area (Å²) in [5.41, 5.74) is 0.102. The molecule has 0 spiro atoms. The van der Waals surface area contributed by atoms with Crippen molar-refractivity contribution in [3.8, 4) is 0 Å². The minimum absolute atomic E-state index is 0.0325. The summed E-state index contributed by atoms with van der Waals surface area (Å²) < 4.78 is 31.7. The SMILES string of the molecule is CCN(CC)S(=O)(=O)c1cccc(C(=O)OCC(=O)N[C@H]2CCC[C@@H](C)[C@@H]2C)c1. The Kier molecular flexibility index (Phi) is 8.22. The summed E-state index contributed by atoms with van der Waals surface area (Å²) in [4.78, 5) is 24.6. The molecule has 162 valence electrons. The van der Waals surface area contributed by atoms with Crippen LogP contribution in [0.5, 0.6) is 0 Å². The van der Waals surface area contributed by atoms with Crippen molar-refractivity contribution in [2.75, 3.05) is 19.7 Å². The maximum absolute atomic E-state index is 12.6. The molecule has 0 saturated heterocycles. The van der Waals surface area contributed by atoms with Gasteiger partial charge in [-0.25, -0.2) is 13.2 Å². The van der Waals surface area contributed by atoms with Gasteiger partial charge in [0.25, 0.3) is 5.91 Å². The molecule has 0 aliphatic heterocycles. The molecule has 0 radical (unpaired) electrons. The molecule has 1 aliphatic carbocycles. The van der Waals surface area contributed by atoms with E-state index in [2.05, 4.69) is 19.2 Å². The highest BCUT2D eigenvalue weighted by Crippen LogP contribution is 2.29. The zero-order valence-corrected chi connectivity index (χ0v) is 18.5. The van der Waals surface area contributed by atoms with Crippen LogP contribution in [0.15, 0.2) is 29.2 Å². The summed E-state index contributed by atoms with van der Waals surface area (Å²) in [6, 6.07) is 5.80. The van der Waals surface area contributed by atoms with Gasteiger partial charge in [0.2, 0.25) is 10.0 Å². The highest BCUT2D eigenvalue weighted by atomic mass is 32.2. The molecule has 0 bridgehead atoms. The molecule has 0 aromatic heterocycles. The molecule has 1 N–H and O–H groups in total.